The van der Waals surface area contributed by atoms with Crippen molar-refractivity contribution in [3.63, 3.8) is 0 Å². The minimum absolute atomic E-state index is 0.123. The molecular formula is C18H23NO2. The number of nitrogen functional groups attached to an aromatic ring is 1. The Hall–Kier alpha value is -2.16. The number of rotatable bonds is 7. The van der Waals surface area contributed by atoms with E-state index in [0.29, 0.717) is 12.3 Å². The molecule has 2 N–H and O–H groups in total. The Morgan fingerprint density at radius 3 is 2.43 bits per heavy atom. The van der Waals surface area contributed by atoms with Crippen LogP contribution in [0.15, 0.2) is 48.5 Å². The summed E-state index contributed by atoms with van der Waals surface area (Å²) in [5.41, 5.74) is 7.86. The van der Waals surface area contributed by atoms with Crippen molar-refractivity contribution in [2.24, 2.45) is 0 Å². The van der Waals surface area contributed by atoms with Crippen LogP contribution in [0.25, 0.3) is 0 Å². The lowest BCUT2D eigenvalue weighted by atomic mass is 10.1. The monoisotopic (exact) mass is 285 g/mol. The maximum Gasteiger partial charge on any atom is 0.125 e. The van der Waals surface area contributed by atoms with E-state index in [-0.39, 0.29) is 6.10 Å². The topological polar surface area (TPSA) is 44.5 Å². The SMILES string of the molecule is CC(C)Oc1cc(N)cc(OCCCc2ccccc2)c1. The Bertz CT molecular complexity index is 552. The molecule has 0 heterocycles. The lowest BCUT2D eigenvalue weighted by Crippen LogP contribution is -2.06. The van der Waals surface area contributed by atoms with Crippen LogP contribution in [0.4, 0.5) is 5.69 Å². The molecule has 0 aliphatic carbocycles. The van der Waals surface area contributed by atoms with E-state index < -0.39 is 0 Å². The Morgan fingerprint density at radius 2 is 1.71 bits per heavy atom. The third-order valence-corrected chi connectivity index (χ3v) is 3.00. The van der Waals surface area contributed by atoms with Crippen molar-refractivity contribution in [1.82, 2.24) is 0 Å². The summed E-state index contributed by atoms with van der Waals surface area (Å²) in [6.45, 7) is 4.65. The van der Waals surface area contributed by atoms with Crippen molar-refractivity contribution in [3.8, 4) is 11.5 Å². The molecule has 2 aromatic carbocycles. The summed E-state index contributed by atoms with van der Waals surface area (Å²) in [4.78, 5) is 0. The lowest BCUT2D eigenvalue weighted by molar-refractivity contribution is 0.240. The van der Waals surface area contributed by atoms with Crippen molar-refractivity contribution in [2.75, 3.05) is 12.3 Å². The fraction of sp³-hybridized carbons (Fsp3) is 0.333. The average Bonchev–Trinajstić information content (AvgIpc) is 2.43. The van der Waals surface area contributed by atoms with Gasteiger partial charge in [0, 0.05) is 23.9 Å². The minimum atomic E-state index is 0.123. The molecule has 0 saturated carbocycles. The summed E-state index contributed by atoms with van der Waals surface area (Å²) < 4.78 is 11.4. The second-order valence-electron chi connectivity index (χ2n) is 5.34. The lowest BCUT2D eigenvalue weighted by Gasteiger charge is -2.13. The highest BCUT2D eigenvalue weighted by molar-refractivity contribution is 5.50. The fourth-order valence-corrected chi connectivity index (χ4v) is 2.13. The number of hydrogen-bond acceptors (Lipinski definition) is 3. The van der Waals surface area contributed by atoms with Gasteiger partial charge < -0.3 is 15.2 Å². The first-order valence-electron chi connectivity index (χ1n) is 7.37. The Kier molecular flexibility index (Phi) is 5.50. The molecule has 21 heavy (non-hydrogen) atoms. The van der Waals surface area contributed by atoms with Crippen LogP contribution in [0.2, 0.25) is 0 Å². The average molecular weight is 285 g/mol. The summed E-state index contributed by atoms with van der Waals surface area (Å²) in [7, 11) is 0. The van der Waals surface area contributed by atoms with E-state index in [1.165, 1.54) is 5.56 Å². The first-order valence-corrected chi connectivity index (χ1v) is 7.37. The Balaban J connectivity index is 1.84. The van der Waals surface area contributed by atoms with Crippen LogP contribution in [0, 0.1) is 0 Å². The van der Waals surface area contributed by atoms with Gasteiger partial charge in [-0.15, -0.1) is 0 Å². The molecule has 0 bridgehead atoms. The summed E-state index contributed by atoms with van der Waals surface area (Å²) >= 11 is 0. The molecular weight excluding hydrogens is 262 g/mol. The van der Waals surface area contributed by atoms with E-state index >= 15 is 0 Å². The molecule has 0 aliphatic rings. The molecule has 3 heteroatoms. The van der Waals surface area contributed by atoms with Gasteiger partial charge in [0.25, 0.3) is 0 Å². The van der Waals surface area contributed by atoms with Crippen LogP contribution in [0.1, 0.15) is 25.8 Å². The molecule has 2 rings (SSSR count). The predicted molar refractivity (Wildman–Crippen MR) is 86.9 cm³/mol. The van der Waals surface area contributed by atoms with Crippen molar-refractivity contribution < 1.29 is 9.47 Å². The van der Waals surface area contributed by atoms with Gasteiger partial charge in [-0.25, -0.2) is 0 Å². The molecule has 3 nitrogen and oxygen atoms in total. The first kappa shape index (κ1) is 15.2. The van der Waals surface area contributed by atoms with Crippen LogP contribution in [0.5, 0.6) is 11.5 Å². The van der Waals surface area contributed by atoms with Crippen LogP contribution >= 0.6 is 0 Å². The highest BCUT2D eigenvalue weighted by atomic mass is 16.5. The van der Waals surface area contributed by atoms with E-state index in [2.05, 4.69) is 24.3 Å². The fourth-order valence-electron chi connectivity index (χ4n) is 2.13. The van der Waals surface area contributed by atoms with Gasteiger partial charge in [0.1, 0.15) is 11.5 Å². The number of ether oxygens (including phenoxy) is 2. The molecule has 0 aliphatic heterocycles. The van der Waals surface area contributed by atoms with E-state index in [0.717, 1.165) is 24.3 Å². The Labute approximate surface area is 126 Å². The maximum atomic E-state index is 5.87. The molecule has 0 aromatic heterocycles. The molecule has 0 atom stereocenters. The highest BCUT2D eigenvalue weighted by Crippen LogP contribution is 2.25. The number of hydrogen-bond donors (Lipinski definition) is 1. The standard InChI is InChI=1S/C18H23NO2/c1-14(2)21-18-12-16(19)11-17(13-18)20-10-6-9-15-7-4-3-5-8-15/h3-5,7-8,11-14H,6,9-10,19H2,1-2H3. The van der Waals surface area contributed by atoms with Crippen LogP contribution in [-0.4, -0.2) is 12.7 Å². The molecule has 2 aromatic rings. The van der Waals surface area contributed by atoms with Gasteiger partial charge in [-0.2, -0.15) is 0 Å². The molecule has 112 valence electrons. The summed E-state index contributed by atoms with van der Waals surface area (Å²) in [5, 5.41) is 0. The molecule has 0 fully saturated rings. The number of benzene rings is 2. The maximum absolute atomic E-state index is 5.87. The quantitative estimate of drug-likeness (QED) is 0.616. The van der Waals surface area contributed by atoms with Crippen LogP contribution in [0.3, 0.4) is 0 Å². The first-order chi connectivity index (χ1) is 10.1. The van der Waals surface area contributed by atoms with Gasteiger partial charge in [-0.1, -0.05) is 30.3 Å². The third-order valence-electron chi connectivity index (χ3n) is 3.00. The van der Waals surface area contributed by atoms with Gasteiger partial charge in [0.05, 0.1) is 12.7 Å². The number of anilines is 1. The second kappa shape index (κ2) is 7.58. The predicted octanol–water partition coefficient (Wildman–Crippen LogP) is 4.07. The van der Waals surface area contributed by atoms with E-state index in [1.54, 1.807) is 0 Å². The summed E-state index contributed by atoms with van der Waals surface area (Å²) in [5.74, 6) is 1.52. The minimum Gasteiger partial charge on any atom is -0.493 e. The van der Waals surface area contributed by atoms with Gasteiger partial charge in [-0.05, 0) is 32.3 Å². The van der Waals surface area contributed by atoms with E-state index in [9.17, 15) is 0 Å². The zero-order chi connectivity index (χ0) is 15.1. The number of nitrogens with two attached hydrogens (primary N) is 1. The normalized spacial score (nSPS) is 10.6. The zero-order valence-electron chi connectivity index (χ0n) is 12.7. The molecule has 0 amide bonds. The van der Waals surface area contributed by atoms with Gasteiger partial charge in [0.15, 0.2) is 0 Å². The Morgan fingerprint density at radius 1 is 1.00 bits per heavy atom. The van der Waals surface area contributed by atoms with Crippen LogP contribution < -0.4 is 15.2 Å². The number of aryl methyl sites for hydroxylation is 1. The smallest absolute Gasteiger partial charge is 0.125 e. The van der Waals surface area contributed by atoms with Crippen LogP contribution in [-0.2, 0) is 6.42 Å². The van der Waals surface area contributed by atoms with E-state index in [4.69, 9.17) is 15.2 Å². The second-order valence-corrected chi connectivity index (χ2v) is 5.34. The van der Waals surface area contributed by atoms with Gasteiger partial charge in [-0.3, -0.25) is 0 Å². The molecule has 0 unspecified atom stereocenters. The molecule has 0 spiro atoms. The van der Waals surface area contributed by atoms with Crippen molar-refractivity contribution in [1.29, 1.82) is 0 Å². The summed E-state index contributed by atoms with van der Waals surface area (Å²) in [6, 6.07) is 16.0. The zero-order valence-corrected chi connectivity index (χ0v) is 12.7. The van der Waals surface area contributed by atoms with Crippen molar-refractivity contribution >= 4 is 5.69 Å². The summed E-state index contributed by atoms with van der Waals surface area (Å²) in [6.07, 6.45) is 2.11. The third kappa shape index (κ3) is 5.38. The van der Waals surface area contributed by atoms with Crippen molar-refractivity contribution in [2.45, 2.75) is 32.8 Å². The van der Waals surface area contributed by atoms with E-state index in [1.807, 2.05) is 38.1 Å². The molecule has 0 saturated heterocycles. The molecule has 0 radical (unpaired) electrons. The van der Waals surface area contributed by atoms with Gasteiger partial charge in [0.2, 0.25) is 0 Å². The van der Waals surface area contributed by atoms with Crippen molar-refractivity contribution in [3.05, 3.63) is 54.1 Å². The highest BCUT2D eigenvalue weighted by Gasteiger charge is 2.03. The largest absolute Gasteiger partial charge is 0.493 e. The van der Waals surface area contributed by atoms with Gasteiger partial charge >= 0.3 is 0 Å².